The van der Waals surface area contributed by atoms with Gasteiger partial charge in [-0.15, -0.1) is 10.2 Å². The van der Waals surface area contributed by atoms with E-state index in [0.717, 1.165) is 31.5 Å². The maximum absolute atomic E-state index is 12.5. The smallest absolute Gasteiger partial charge is 0.228 e. The van der Waals surface area contributed by atoms with Crippen LogP contribution in [-0.2, 0) is 11.8 Å². The number of aryl methyl sites for hydroxylation is 1. The molecule has 1 unspecified atom stereocenters. The Labute approximate surface area is 113 Å². The van der Waals surface area contributed by atoms with Crippen molar-refractivity contribution in [1.29, 1.82) is 0 Å². The number of nitrogens with one attached hydrogen (secondary N) is 1. The van der Waals surface area contributed by atoms with Crippen LogP contribution >= 0.6 is 0 Å². The maximum atomic E-state index is 12.5. The number of amides is 1. The first-order valence-corrected chi connectivity index (χ1v) is 6.94. The molecule has 1 atom stereocenters. The van der Waals surface area contributed by atoms with E-state index in [2.05, 4.69) is 15.5 Å². The van der Waals surface area contributed by atoms with E-state index in [1.807, 2.05) is 18.5 Å². The van der Waals surface area contributed by atoms with E-state index < -0.39 is 0 Å². The standard InChI is InChI=1S/C13H23N5O/c1-10(11-17-15-9-18(11)2)16-12(19)13(8-14)6-4-3-5-7-13/h9-10H,3-8,14H2,1-2H3,(H,16,19). The number of hydrogen-bond donors (Lipinski definition) is 2. The molecular weight excluding hydrogens is 242 g/mol. The van der Waals surface area contributed by atoms with Crippen LogP contribution in [0.1, 0.15) is 50.9 Å². The highest BCUT2D eigenvalue weighted by Crippen LogP contribution is 2.36. The Hall–Kier alpha value is -1.43. The molecule has 0 saturated heterocycles. The van der Waals surface area contributed by atoms with Gasteiger partial charge in [0.15, 0.2) is 5.82 Å². The molecule has 0 aliphatic heterocycles. The van der Waals surface area contributed by atoms with Gasteiger partial charge in [-0.25, -0.2) is 0 Å². The van der Waals surface area contributed by atoms with Crippen molar-refractivity contribution >= 4 is 5.91 Å². The van der Waals surface area contributed by atoms with Crippen molar-refractivity contribution in [3.8, 4) is 0 Å². The molecule has 1 saturated carbocycles. The molecule has 0 bridgehead atoms. The van der Waals surface area contributed by atoms with E-state index >= 15 is 0 Å². The topological polar surface area (TPSA) is 85.8 Å². The molecule has 106 valence electrons. The molecule has 1 aliphatic rings. The molecular formula is C13H23N5O. The van der Waals surface area contributed by atoms with Gasteiger partial charge in [0, 0.05) is 13.6 Å². The molecule has 0 aromatic carbocycles. The molecule has 3 N–H and O–H groups in total. The Balaban J connectivity index is 2.05. The summed E-state index contributed by atoms with van der Waals surface area (Å²) in [5.41, 5.74) is 5.49. The summed E-state index contributed by atoms with van der Waals surface area (Å²) in [5, 5.41) is 10.9. The third-order valence-corrected chi connectivity index (χ3v) is 4.16. The first-order chi connectivity index (χ1) is 9.09. The van der Waals surface area contributed by atoms with Gasteiger partial charge in [-0.2, -0.15) is 0 Å². The minimum absolute atomic E-state index is 0.0604. The second-order valence-electron chi connectivity index (χ2n) is 5.54. The summed E-state index contributed by atoms with van der Waals surface area (Å²) in [5.74, 6) is 0.821. The van der Waals surface area contributed by atoms with Crippen LogP contribution in [-0.4, -0.2) is 27.2 Å². The number of carbonyl (C=O) groups excluding carboxylic acids is 1. The molecule has 1 heterocycles. The van der Waals surface area contributed by atoms with Crippen molar-refractivity contribution in [3.05, 3.63) is 12.2 Å². The quantitative estimate of drug-likeness (QED) is 0.847. The van der Waals surface area contributed by atoms with Crippen molar-refractivity contribution in [1.82, 2.24) is 20.1 Å². The third kappa shape index (κ3) is 2.78. The number of nitrogens with two attached hydrogens (primary N) is 1. The summed E-state index contributed by atoms with van der Waals surface area (Å²) < 4.78 is 1.82. The number of carbonyl (C=O) groups is 1. The predicted octanol–water partition coefficient (Wildman–Crippen LogP) is 0.901. The second kappa shape index (κ2) is 5.69. The number of aromatic nitrogens is 3. The van der Waals surface area contributed by atoms with Gasteiger partial charge in [-0.05, 0) is 19.8 Å². The van der Waals surface area contributed by atoms with Crippen LogP contribution in [0.4, 0.5) is 0 Å². The van der Waals surface area contributed by atoms with Gasteiger partial charge < -0.3 is 15.6 Å². The zero-order valence-electron chi connectivity index (χ0n) is 11.7. The monoisotopic (exact) mass is 265 g/mol. The average molecular weight is 265 g/mol. The van der Waals surface area contributed by atoms with E-state index in [0.29, 0.717) is 6.54 Å². The Kier molecular flexibility index (Phi) is 4.19. The molecule has 1 aromatic heterocycles. The SMILES string of the molecule is CC(NC(=O)C1(CN)CCCCC1)c1nncn1C. The van der Waals surface area contributed by atoms with Crippen LogP contribution in [0.25, 0.3) is 0 Å². The zero-order valence-corrected chi connectivity index (χ0v) is 11.7. The highest BCUT2D eigenvalue weighted by molar-refractivity contribution is 5.83. The van der Waals surface area contributed by atoms with E-state index in [4.69, 9.17) is 5.73 Å². The van der Waals surface area contributed by atoms with Crippen LogP contribution in [0.15, 0.2) is 6.33 Å². The summed E-state index contributed by atoms with van der Waals surface area (Å²) >= 11 is 0. The molecule has 1 aliphatic carbocycles. The third-order valence-electron chi connectivity index (χ3n) is 4.16. The van der Waals surface area contributed by atoms with Crippen molar-refractivity contribution in [2.45, 2.75) is 45.1 Å². The molecule has 1 fully saturated rings. The van der Waals surface area contributed by atoms with Crippen molar-refractivity contribution in [2.24, 2.45) is 18.2 Å². The minimum atomic E-state index is -0.384. The lowest BCUT2D eigenvalue weighted by molar-refractivity contribution is -0.133. The number of nitrogens with zero attached hydrogens (tertiary/aromatic N) is 3. The first-order valence-electron chi connectivity index (χ1n) is 6.94. The van der Waals surface area contributed by atoms with E-state index in [-0.39, 0.29) is 17.4 Å². The van der Waals surface area contributed by atoms with Gasteiger partial charge in [0.1, 0.15) is 6.33 Å². The molecule has 2 rings (SSSR count). The lowest BCUT2D eigenvalue weighted by atomic mass is 9.73. The lowest BCUT2D eigenvalue weighted by Crippen LogP contribution is -2.48. The fourth-order valence-corrected chi connectivity index (χ4v) is 2.85. The molecule has 6 nitrogen and oxygen atoms in total. The summed E-state index contributed by atoms with van der Waals surface area (Å²) in [6.07, 6.45) is 6.79. The Morgan fingerprint density at radius 2 is 2.21 bits per heavy atom. The van der Waals surface area contributed by atoms with E-state index in [1.54, 1.807) is 6.33 Å². The molecule has 6 heteroatoms. The van der Waals surface area contributed by atoms with Crippen LogP contribution < -0.4 is 11.1 Å². The van der Waals surface area contributed by atoms with Gasteiger partial charge in [0.25, 0.3) is 0 Å². The van der Waals surface area contributed by atoms with Gasteiger partial charge >= 0.3 is 0 Å². The molecule has 1 amide bonds. The van der Waals surface area contributed by atoms with Gasteiger partial charge in [-0.1, -0.05) is 19.3 Å². The van der Waals surface area contributed by atoms with Crippen molar-refractivity contribution in [3.63, 3.8) is 0 Å². The molecule has 19 heavy (non-hydrogen) atoms. The van der Waals surface area contributed by atoms with Gasteiger partial charge in [0.05, 0.1) is 11.5 Å². The first kappa shape index (κ1) is 14.0. The number of hydrogen-bond acceptors (Lipinski definition) is 4. The average Bonchev–Trinajstić information content (AvgIpc) is 2.85. The molecule has 1 aromatic rings. The fourth-order valence-electron chi connectivity index (χ4n) is 2.85. The largest absolute Gasteiger partial charge is 0.346 e. The van der Waals surface area contributed by atoms with Crippen LogP contribution in [0.2, 0.25) is 0 Å². The molecule has 0 radical (unpaired) electrons. The summed E-state index contributed by atoms with van der Waals surface area (Å²) in [7, 11) is 1.87. The Morgan fingerprint density at radius 1 is 1.53 bits per heavy atom. The van der Waals surface area contributed by atoms with E-state index in [9.17, 15) is 4.79 Å². The highest BCUT2D eigenvalue weighted by atomic mass is 16.2. The Morgan fingerprint density at radius 3 is 2.74 bits per heavy atom. The minimum Gasteiger partial charge on any atom is -0.346 e. The summed E-state index contributed by atoms with van der Waals surface area (Å²) in [6.45, 7) is 2.35. The summed E-state index contributed by atoms with van der Waals surface area (Å²) in [6, 6.07) is -0.148. The predicted molar refractivity (Wildman–Crippen MR) is 72.1 cm³/mol. The highest BCUT2D eigenvalue weighted by Gasteiger charge is 2.38. The Bertz CT molecular complexity index is 436. The van der Waals surface area contributed by atoms with Crippen molar-refractivity contribution < 1.29 is 4.79 Å². The van der Waals surface area contributed by atoms with Gasteiger partial charge in [-0.3, -0.25) is 4.79 Å². The van der Waals surface area contributed by atoms with Crippen LogP contribution in [0.5, 0.6) is 0 Å². The van der Waals surface area contributed by atoms with E-state index in [1.165, 1.54) is 6.42 Å². The van der Waals surface area contributed by atoms with Crippen molar-refractivity contribution in [2.75, 3.05) is 6.54 Å². The van der Waals surface area contributed by atoms with Crippen LogP contribution in [0.3, 0.4) is 0 Å². The lowest BCUT2D eigenvalue weighted by Gasteiger charge is -2.35. The fraction of sp³-hybridized carbons (Fsp3) is 0.769. The molecule has 0 spiro atoms. The summed E-state index contributed by atoms with van der Waals surface area (Å²) in [4.78, 5) is 12.5. The number of rotatable bonds is 4. The van der Waals surface area contributed by atoms with Gasteiger partial charge in [0.2, 0.25) is 5.91 Å². The normalized spacial score (nSPS) is 19.9. The zero-order chi connectivity index (χ0) is 13.9. The maximum Gasteiger partial charge on any atom is 0.228 e. The second-order valence-corrected chi connectivity index (χ2v) is 5.54. The van der Waals surface area contributed by atoms with Crippen LogP contribution in [0, 0.1) is 5.41 Å².